The topological polar surface area (TPSA) is 51.8 Å². The summed E-state index contributed by atoms with van der Waals surface area (Å²) in [5.41, 5.74) is 7.31. The van der Waals surface area contributed by atoms with Gasteiger partial charge in [-0.15, -0.1) is 0 Å². The van der Waals surface area contributed by atoms with Crippen molar-refractivity contribution in [3.05, 3.63) is 16.4 Å². The summed E-state index contributed by atoms with van der Waals surface area (Å²) in [4.78, 5) is 7.92. The molecule has 3 nitrogen and oxygen atoms in total. The minimum absolute atomic E-state index is 0.248. The molecule has 0 unspecified atom stereocenters. The smallest absolute Gasteiger partial charge is 0.221 e. The van der Waals surface area contributed by atoms with Crippen LogP contribution in [-0.4, -0.2) is 9.97 Å². The van der Waals surface area contributed by atoms with Gasteiger partial charge in [-0.25, -0.2) is 9.97 Å². The molecule has 1 aromatic heterocycles. The molecule has 2 N–H and O–H groups in total. The average molecular weight is 186 g/mol. The highest BCUT2D eigenvalue weighted by molar-refractivity contribution is 6.30. The van der Waals surface area contributed by atoms with E-state index in [1.54, 1.807) is 0 Å². The Morgan fingerprint density at radius 3 is 2.58 bits per heavy atom. The van der Waals surface area contributed by atoms with E-state index in [0.29, 0.717) is 5.15 Å². The number of hydrogen-bond donors (Lipinski definition) is 1. The molecule has 0 radical (unpaired) electrons. The van der Waals surface area contributed by atoms with Gasteiger partial charge >= 0.3 is 0 Å². The molecule has 0 saturated carbocycles. The summed E-state index contributed by atoms with van der Waals surface area (Å²) in [5, 5.41) is 0.488. The van der Waals surface area contributed by atoms with Crippen molar-refractivity contribution in [2.24, 2.45) is 0 Å². The van der Waals surface area contributed by atoms with Crippen LogP contribution in [0, 0.1) is 6.92 Å². The van der Waals surface area contributed by atoms with Crippen LogP contribution in [0.3, 0.4) is 0 Å². The number of nitrogen functional groups attached to an aromatic ring is 1. The zero-order valence-electron chi connectivity index (χ0n) is 7.26. The molecule has 0 amide bonds. The van der Waals surface area contributed by atoms with E-state index in [0.717, 1.165) is 24.1 Å². The van der Waals surface area contributed by atoms with Gasteiger partial charge in [0.05, 0.1) is 0 Å². The summed E-state index contributed by atoms with van der Waals surface area (Å²) >= 11 is 5.88. The lowest BCUT2D eigenvalue weighted by atomic mass is 10.1. The van der Waals surface area contributed by atoms with Crippen molar-refractivity contribution >= 4 is 17.5 Å². The molecule has 0 spiro atoms. The molecule has 0 bridgehead atoms. The number of halogens is 1. The Hall–Kier alpha value is -0.830. The van der Waals surface area contributed by atoms with Crippen molar-refractivity contribution in [3.63, 3.8) is 0 Å². The molecule has 12 heavy (non-hydrogen) atoms. The van der Waals surface area contributed by atoms with Gasteiger partial charge in [-0.3, -0.25) is 0 Å². The number of rotatable bonds is 2. The Morgan fingerprint density at radius 2 is 2.08 bits per heavy atom. The first kappa shape index (κ1) is 9.26. The largest absolute Gasteiger partial charge is 0.368 e. The zero-order chi connectivity index (χ0) is 9.14. The molecule has 0 atom stereocenters. The monoisotopic (exact) mass is 185 g/mol. The van der Waals surface area contributed by atoms with Crippen molar-refractivity contribution in [2.75, 3.05) is 5.73 Å². The summed E-state index contributed by atoms with van der Waals surface area (Å²) in [6.45, 7) is 3.99. The van der Waals surface area contributed by atoms with Crippen molar-refractivity contribution in [2.45, 2.75) is 26.7 Å². The van der Waals surface area contributed by atoms with Crippen LogP contribution in [0.4, 0.5) is 5.95 Å². The van der Waals surface area contributed by atoms with E-state index in [2.05, 4.69) is 16.9 Å². The van der Waals surface area contributed by atoms with E-state index < -0.39 is 0 Å². The molecule has 1 aromatic rings. The number of nitrogens with two attached hydrogens (primary N) is 1. The van der Waals surface area contributed by atoms with Gasteiger partial charge in [0.1, 0.15) is 5.15 Å². The lowest BCUT2D eigenvalue weighted by Crippen LogP contribution is -2.02. The van der Waals surface area contributed by atoms with Gasteiger partial charge in [-0.1, -0.05) is 24.9 Å². The second kappa shape index (κ2) is 3.72. The molecule has 0 aliphatic carbocycles. The van der Waals surface area contributed by atoms with Crippen LogP contribution < -0.4 is 5.73 Å². The Bertz CT molecular complexity index is 263. The molecule has 1 rings (SSSR count). The molecular formula is C8H12ClN3. The van der Waals surface area contributed by atoms with E-state index in [9.17, 15) is 0 Å². The molecule has 0 saturated heterocycles. The molecule has 4 heteroatoms. The molecule has 0 aromatic carbocycles. The van der Waals surface area contributed by atoms with Gasteiger partial charge in [0.2, 0.25) is 5.95 Å². The fourth-order valence-electron chi connectivity index (χ4n) is 1.12. The third kappa shape index (κ3) is 1.85. The number of aromatic nitrogens is 2. The minimum Gasteiger partial charge on any atom is -0.368 e. The van der Waals surface area contributed by atoms with Gasteiger partial charge in [0.25, 0.3) is 0 Å². The van der Waals surface area contributed by atoms with Crippen LogP contribution in [0.15, 0.2) is 0 Å². The second-order valence-electron chi connectivity index (χ2n) is 2.69. The summed E-state index contributed by atoms with van der Waals surface area (Å²) < 4.78 is 0. The maximum Gasteiger partial charge on any atom is 0.221 e. The van der Waals surface area contributed by atoms with Crippen LogP contribution in [-0.2, 0) is 6.42 Å². The van der Waals surface area contributed by atoms with Crippen LogP contribution in [0.2, 0.25) is 5.15 Å². The minimum atomic E-state index is 0.248. The fraction of sp³-hybridized carbons (Fsp3) is 0.500. The highest BCUT2D eigenvalue weighted by Crippen LogP contribution is 2.18. The summed E-state index contributed by atoms with van der Waals surface area (Å²) in [6, 6.07) is 0. The van der Waals surface area contributed by atoms with Crippen LogP contribution in [0.25, 0.3) is 0 Å². The average Bonchev–Trinajstić information content (AvgIpc) is 1.96. The first-order valence-electron chi connectivity index (χ1n) is 3.93. The predicted molar refractivity (Wildman–Crippen MR) is 50.2 cm³/mol. The summed E-state index contributed by atoms with van der Waals surface area (Å²) in [6.07, 6.45) is 1.94. The lowest BCUT2D eigenvalue weighted by Gasteiger charge is -2.05. The number of aryl methyl sites for hydroxylation is 1. The fourth-order valence-corrected chi connectivity index (χ4v) is 1.43. The van der Waals surface area contributed by atoms with E-state index in [4.69, 9.17) is 17.3 Å². The van der Waals surface area contributed by atoms with Crippen molar-refractivity contribution in [3.8, 4) is 0 Å². The molecule has 66 valence electrons. The normalized spacial score (nSPS) is 10.2. The van der Waals surface area contributed by atoms with Gasteiger partial charge in [0.15, 0.2) is 0 Å². The molecule has 0 aliphatic heterocycles. The maximum atomic E-state index is 5.88. The van der Waals surface area contributed by atoms with E-state index in [-0.39, 0.29) is 5.95 Å². The quantitative estimate of drug-likeness (QED) is 0.717. The van der Waals surface area contributed by atoms with Gasteiger partial charge < -0.3 is 5.73 Å². The van der Waals surface area contributed by atoms with Crippen LogP contribution >= 0.6 is 11.6 Å². The van der Waals surface area contributed by atoms with E-state index in [1.807, 2.05) is 6.92 Å². The van der Waals surface area contributed by atoms with Crippen molar-refractivity contribution in [1.82, 2.24) is 9.97 Å². The van der Waals surface area contributed by atoms with Gasteiger partial charge in [-0.05, 0) is 13.3 Å². The molecule has 0 aliphatic rings. The Kier molecular flexibility index (Phi) is 2.87. The van der Waals surface area contributed by atoms with Crippen LogP contribution in [0.1, 0.15) is 24.6 Å². The van der Waals surface area contributed by atoms with E-state index >= 15 is 0 Å². The third-order valence-corrected chi connectivity index (χ3v) is 1.99. The highest BCUT2D eigenvalue weighted by Gasteiger charge is 2.06. The summed E-state index contributed by atoms with van der Waals surface area (Å²) in [5.74, 6) is 0.248. The zero-order valence-corrected chi connectivity index (χ0v) is 8.02. The highest BCUT2D eigenvalue weighted by atomic mass is 35.5. The maximum absolute atomic E-state index is 5.88. The van der Waals surface area contributed by atoms with Gasteiger partial charge in [-0.2, -0.15) is 0 Å². The van der Waals surface area contributed by atoms with E-state index in [1.165, 1.54) is 0 Å². The molecule has 1 heterocycles. The standard InChI is InChI=1S/C8H12ClN3/c1-3-4-6-5(2)11-8(10)12-7(6)9/h3-4H2,1-2H3,(H2,10,11,12). The molecular weight excluding hydrogens is 174 g/mol. The number of hydrogen-bond acceptors (Lipinski definition) is 3. The number of anilines is 1. The Morgan fingerprint density at radius 1 is 1.42 bits per heavy atom. The Balaban J connectivity index is 3.10. The Labute approximate surface area is 77.0 Å². The van der Waals surface area contributed by atoms with Crippen molar-refractivity contribution in [1.29, 1.82) is 0 Å². The first-order chi connectivity index (χ1) is 5.65. The third-order valence-electron chi connectivity index (χ3n) is 1.68. The SMILES string of the molecule is CCCc1c(C)nc(N)nc1Cl. The van der Waals surface area contributed by atoms with Crippen LogP contribution in [0.5, 0.6) is 0 Å². The number of nitrogens with zero attached hydrogens (tertiary/aromatic N) is 2. The van der Waals surface area contributed by atoms with Gasteiger partial charge in [0, 0.05) is 11.3 Å². The lowest BCUT2D eigenvalue weighted by molar-refractivity contribution is 0.886. The summed E-state index contributed by atoms with van der Waals surface area (Å²) in [7, 11) is 0. The first-order valence-corrected chi connectivity index (χ1v) is 4.31. The molecule has 0 fully saturated rings. The predicted octanol–water partition coefficient (Wildman–Crippen LogP) is 1.97. The van der Waals surface area contributed by atoms with Crippen molar-refractivity contribution < 1.29 is 0 Å². The second-order valence-corrected chi connectivity index (χ2v) is 3.04.